The van der Waals surface area contributed by atoms with E-state index < -0.39 is 5.92 Å². The van der Waals surface area contributed by atoms with Gasteiger partial charge in [0.05, 0.1) is 6.42 Å². The monoisotopic (exact) mass is 409 g/mol. The normalized spacial score (nSPS) is 25.2. The Labute approximate surface area is 177 Å². The molecule has 0 bridgehead atoms. The van der Waals surface area contributed by atoms with Crippen LogP contribution in [0.15, 0.2) is 42.5 Å². The molecule has 5 rings (SSSR count). The zero-order valence-electron chi connectivity index (χ0n) is 17.5. The van der Waals surface area contributed by atoms with Crippen LogP contribution in [0.1, 0.15) is 62.1 Å². The van der Waals surface area contributed by atoms with E-state index in [-0.39, 0.29) is 29.5 Å². The number of rotatable bonds is 3. The number of alkyl halides is 2. The molecule has 1 saturated heterocycles. The quantitative estimate of drug-likeness (QED) is 0.594. The number of carbonyl (C=O) groups excluding carboxylic acids is 1. The van der Waals surface area contributed by atoms with Crippen LogP contribution in [0.3, 0.4) is 0 Å². The van der Waals surface area contributed by atoms with E-state index in [4.69, 9.17) is 0 Å². The first-order valence-electron chi connectivity index (χ1n) is 11.4. The molecule has 1 heterocycles. The third kappa shape index (κ3) is 3.25. The van der Waals surface area contributed by atoms with Gasteiger partial charge in [0.15, 0.2) is 0 Å². The predicted octanol–water partition coefficient (Wildman–Crippen LogP) is 6.17. The van der Waals surface area contributed by atoms with Crippen LogP contribution in [0.2, 0.25) is 0 Å². The lowest BCUT2D eigenvalue weighted by Gasteiger charge is -2.27. The Kier molecular flexibility index (Phi) is 4.91. The molecule has 2 aromatic carbocycles. The molecule has 2 aromatic rings. The topological polar surface area (TPSA) is 20.3 Å². The average Bonchev–Trinajstić information content (AvgIpc) is 3.25. The van der Waals surface area contributed by atoms with Crippen LogP contribution in [0, 0.1) is 11.8 Å². The minimum absolute atomic E-state index is 0.0480. The first-order chi connectivity index (χ1) is 14.4. The third-order valence-electron chi connectivity index (χ3n) is 7.58. The molecule has 0 aromatic heterocycles. The highest BCUT2D eigenvalue weighted by atomic mass is 19.3. The maximum absolute atomic E-state index is 14.8. The van der Waals surface area contributed by atoms with Crippen molar-refractivity contribution in [2.45, 2.75) is 63.8 Å². The maximum atomic E-state index is 14.8. The van der Waals surface area contributed by atoms with E-state index in [1.54, 1.807) is 30.3 Å². The first-order valence-corrected chi connectivity index (χ1v) is 11.4. The van der Waals surface area contributed by atoms with Crippen LogP contribution >= 0.6 is 0 Å². The molecule has 2 unspecified atom stereocenters. The SMILES string of the molecule is CC1CC(C2CCCCC2)CN1C(=O)Cc1ccc2c(c1)-c1ccccc1C2(F)F. The molecule has 2 fully saturated rings. The van der Waals surface area contributed by atoms with Gasteiger partial charge >= 0.3 is 0 Å². The van der Waals surface area contributed by atoms with Crippen molar-refractivity contribution >= 4 is 5.91 Å². The molecule has 2 atom stereocenters. The number of carbonyl (C=O) groups is 1. The average molecular weight is 410 g/mol. The minimum Gasteiger partial charge on any atom is -0.339 e. The van der Waals surface area contributed by atoms with Gasteiger partial charge in [0.2, 0.25) is 5.91 Å². The zero-order chi connectivity index (χ0) is 20.9. The molecule has 0 N–H and O–H groups in total. The second-order valence-corrected chi connectivity index (χ2v) is 9.47. The fraction of sp³-hybridized carbons (Fsp3) is 0.500. The lowest BCUT2D eigenvalue weighted by atomic mass is 9.79. The van der Waals surface area contributed by atoms with E-state index in [0.717, 1.165) is 24.4 Å². The lowest BCUT2D eigenvalue weighted by molar-refractivity contribution is -0.131. The molecule has 2 aliphatic carbocycles. The van der Waals surface area contributed by atoms with E-state index in [0.29, 0.717) is 17.0 Å². The molecular formula is C26H29F2NO. The number of benzene rings is 2. The number of hydrogen-bond acceptors (Lipinski definition) is 1. The Morgan fingerprint density at radius 3 is 2.53 bits per heavy atom. The summed E-state index contributed by atoms with van der Waals surface area (Å²) in [4.78, 5) is 15.1. The Morgan fingerprint density at radius 2 is 1.73 bits per heavy atom. The summed E-state index contributed by atoms with van der Waals surface area (Å²) in [5.74, 6) is -1.46. The van der Waals surface area contributed by atoms with E-state index in [1.165, 1.54) is 44.2 Å². The lowest BCUT2D eigenvalue weighted by Crippen LogP contribution is -2.35. The molecule has 30 heavy (non-hydrogen) atoms. The van der Waals surface area contributed by atoms with Crippen molar-refractivity contribution in [1.82, 2.24) is 4.90 Å². The Balaban J connectivity index is 1.33. The van der Waals surface area contributed by atoms with Crippen LogP contribution in [0.4, 0.5) is 8.78 Å². The molecular weight excluding hydrogens is 380 g/mol. The fourth-order valence-corrected chi connectivity index (χ4v) is 5.98. The van der Waals surface area contributed by atoms with Gasteiger partial charge < -0.3 is 4.90 Å². The van der Waals surface area contributed by atoms with Crippen molar-refractivity contribution in [3.05, 3.63) is 59.2 Å². The molecule has 1 aliphatic heterocycles. The van der Waals surface area contributed by atoms with Crippen molar-refractivity contribution in [2.75, 3.05) is 6.54 Å². The molecule has 0 spiro atoms. The van der Waals surface area contributed by atoms with Gasteiger partial charge in [-0.1, -0.05) is 74.6 Å². The van der Waals surface area contributed by atoms with Gasteiger partial charge in [0.1, 0.15) is 0 Å². The largest absolute Gasteiger partial charge is 0.339 e. The second kappa shape index (κ2) is 7.47. The van der Waals surface area contributed by atoms with Gasteiger partial charge in [-0.25, -0.2) is 0 Å². The van der Waals surface area contributed by atoms with E-state index >= 15 is 0 Å². The second-order valence-electron chi connectivity index (χ2n) is 9.47. The smallest absolute Gasteiger partial charge is 0.299 e. The van der Waals surface area contributed by atoms with Crippen molar-refractivity contribution < 1.29 is 13.6 Å². The van der Waals surface area contributed by atoms with Gasteiger partial charge in [-0.15, -0.1) is 0 Å². The number of amides is 1. The van der Waals surface area contributed by atoms with Crippen molar-refractivity contribution in [1.29, 1.82) is 0 Å². The molecule has 158 valence electrons. The number of likely N-dealkylation sites (tertiary alicyclic amines) is 1. The maximum Gasteiger partial charge on any atom is 0.299 e. The Bertz CT molecular complexity index is 963. The molecule has 1 amide bonds. The van der Waals surface area contributed by atoms with E-state index in [1.807, 2.05) is 4.90 Å². The van der Waals surface area contributed by atoms with Crippen LogP contribution in [-0.2, 0) is 17.1 Å². The summed E-state index contributed by atoms with van der Waals surface area (Å²) in [7, 11) is 0. The van der Waals surface area contributed by atoms with Crippen LogP contribution in [0.25, 0.3) is 11.1 Å². The standard InChI is InChI=1S/C26H29F2NO/c1-17-13-20(19-7-3-2-4-8-19)16-29(17)25(30)15-18-11-12-24-22(14-18)21-9-5-6-10-23(21)26(24,27)28/h5-6,9-12,14,17,19-20H,2-4,7-8,13,15-16H2,1H3. The van der Waals surface area contributed by atoms with Crippen LogP contribution < -0.4 is 0 Å². The van der Waals surface area contributed by atoms with Gasteiger partial charge in [0, 0.05) is 23.7 Å². The van der Waals surface area contributed by atoms with Crippen LogP contribution in [0.5, 0.6) is 0 Å². The zero-order valence-corrected chi connectivity index (χ0v) is 17.5. The Hall–Kier alpha value is -2.23. The highest BCUT2D eigenvalue weighted by molar-refractivity contribution is 5.83. The van der Waals surface area contributed by atoms with Gasteiger partial charge in [-0.05, 0) is 41.9 Å². The summed E-state index contributed by atoms with van der Waals surface area (Å²) in [6.07, 6.45) is 7.98. The van der Waals surface area contributed by atoms with E-state index in [2.05, 4.69) is 6.92 Å². The highest BCUT2D eigenvalue weighted by Crippen LogP contribution is 2.51. The molecule has 1 saturated carbocycles. The predicted molar refractivity (Wildman–Crippen MR) is 114 cm³/mol. The van der Waals surface area contributed by atoms with Crippen LogP contribution in [-0.4, -0.2) is 23.4 Å². The van der Waals surface area contributed by atoms with Gasteiger partial charge in [-0.2, -0.15) is 8.78 Å². The van der Waals surface area contributed by atoms with Gasteiger partial charge in [0.25, 0.3) is 5.92 Å². The number of fused-ring (bicyclic) bond motifs is 3. The summed E-state index contributed by atoms with van der Waals surface area (Å²) in [5.41, 5.74) is 2.08. The van der Waals surface area contributed by atoms with Crippen molar-refractivity contribution in [3.63, 3.8) is 0 Å². The number of halogens is 2. The summed E-state index contributed by atoms with van der Waals surface area (Å²) in [6.45, 7) is 3.01. The number of nitrogens with zero attached hydrogens (tertiary/aromatic N) is 1. The highest BCUT2D eigenvalue weighted by Gasteiger charge is 2.44. The van der Waals surface area contributed by atoms with Gasteiger partial charge in [-0.3, -0.25) is 4.79 Å². The van der Waals surface area contributed by atoms with E-state index in [9.17, 15) is 13.6 Å². The van der Waals surface area contributed by atoms with Crippen molar-refractivity contribution in [2.24, 2.45) is 11.8 Å². The molecule has 0 radical (unpaired) electrons. The number of hydrogen-bond donors (Lipinski definition) is 0. The Morgan fingerprint density at radius 1 is 1.00 bits per heavy atom. The summed E-state index contributed by atoms with van der Waals surface area (Å²) >= 11 is 0. The molecule has 3 aliphatic rings. The first kappa shape index (κ1) is 19.7. The third-order valence-corrected chi connectivity index (χ3v) is 7.58. The summed E-state index contributed by atoms with van der Waals surface area (Å²) < 4.78 is 29.5. The minimum atomic E-state index is -2.97. The molecule has 2 nitrogen and oxygen atoms in total. The molecule has 4 heteroatoms. The summed E-state index contributed by atoms with van der Waals surface area (Å²) in [6, 6.07) is 12.0. The van der Waals surface area contributed by atoms with Crippen molar-refractivity contribution in [3.8, 4) is 11.1 Å². The summed E-state index contributed by atoms with van der Waals surface area (Å²) in [5, 5.41) is 0. The fourth-order valence-electron chi connectivity index (χ4n) is 5.98.